The fraction of sp³-hybridized carbons (Fsp3) is 0. The van der Waals surface area contributed by atoms with Gasteiger partial charge in [-0.25, -0.2) is 0 Å². The molecular weight excluding hydrogens is 172 g/mol. The Kier molecular flexibility index (Phi) is 3.13. The van der Waals surface area contributed by atoms with Gasteiger partial charge in [0, 0.05) is 17.1 Å². The molecule has 0 aliphatic rings. The van der Waals surface area contributed by atoms with Gasteiger partial charge >= 0.3 is 0 Å². The van der Waals surface area contributed by atoms with E-state index < -0.39 is 0 Å². The molecule has 0 aliphatic carbocycles. The van der Waals surface area contributed by atoms with Crippen LogP contribution in [0.1, 0.15) is 5.56 Å². The van der Waals surface area contributed by atoms with Crippen molar-refractivity contribution in [1.29, 1.82) is 0 Å². The fourth-order valence-corrected chi connectivity index (χ4v) is 1.00. The Balaban J connectivity index is 2.78. The number of anilines is 1. The van der Waals surface area contributed by atoms with E-state index in [1.807, 2.05) is 24.3 Å². The number of allylic oxidation sites excluding steroid dienone is 1. The van der Waals surface area contributed by atoms with Gasteiger partial charge in [0.05, 0.1) is 0 Å². The molecule has 0 saturated carbocycles. The number of hydrogen-bond donors (Lipinski definition) is 2. The highest BCUT2D eigenvalue weighted by molar-refractivity contribution is 5.63. The van der Waals surface area contributed by atoms with Crippen LogP contribution in [0.5, 0.6) is 0 Å². The summed E-state index contributed by atoms with van der Waals surface area (Å²) in [5.41, 5.74) is 8.77. The second-order valence-electron chi connectivity index (χ2n) is 2.96. The average Bonchev–Trinajstić information content (AvgIpc) is 2.18. The molecule has 1 aromatic rings. The van der Waals surface area contributed by atoms with Crippen molar-refractivity contribution in [3.63, 3.8) is 0 Å². The molecule has 0 radical (unpaired) electrons. The SMILES string of the molecule is C=CC(=C)Nc1ccc(C(=C)N)cc1. The minimum Gasteiger partial charge on any atom is -0.399 e. The molecule has 0 fully saturated rings. The van der Waals surface area contributed by atoms with E-state index in [0.29, 0.717) is 5.70 Å². The van der Waals surface area contributed by atoms with Gasteiger partial charge < -0.3 is 11.1 Å². The Labute approximate surface area is 84.4 Å². The summed E-state index contributed by atoms with van der Waals surface area (Å²) in [6.45, 7) is 11.0. The third-order valence-electron chi connectivity index (χ3n) is 1.81. The summed E-state index contributed by atoms with van der Waals surface area (Å²) < 4.78 is 0. The molecule has 1 aromatic carbocycles. The summed E-state index contributed by atoms with van der Waals surface area (Å²) in [6, 6.07) is 7.65. The highest BCUT2D eigenvalue weighted by Crippen LogP contribution is 2.14. The quantitative estimate of drug-likeness (QED) is 0.709. The van der Waals surface area contributed by atoms with Crippen molar-refractivity contribution in [3.8, 4) is 0 Å². The predicted molar refractivity (Wildman–Crippen MR) is 62.6 cm³/mol. The number of rotatable bonds is 4. The standard InChI is InChI=1S/C12H14N2/c1-4-9(2)14-12-7-5-11(6-8-12)10(3)13/h4-8,14H,1-3,13H2. The molecule has 0 aliphatic heterocycles. The lowest BCUT2D eigenvalue weighted by molar-refractivity contribution is 1.47. The molecule has 0 unspecified atom stereocenters. The second-order valence-corrected chi connectivity index (χ2v) is 2.96. The lowest BCUT2D eigenvalue weighted by atomic mass is 10.1. The van der Waals surface area contributed by atoms with Gasteiger partial charge in [0.2, 0.25) is 0 Å². The maximum absolute atomic E-state index is 5.54. The summed E-state index contributed by atoms with van der Waals surface area (Å²) in [6.07, 6.45) is 1.66. The number of nitrogens with one attached hydrogen (secondary N) is 1. The molecule has 0 aromatic heterocycles. The summed E-state index contributed by atoms with van der Waals surface area (Å²) >= 11 is 0. The number of hydrogen-bond acceptors (Lipinski definition) is 2. The van der Waals surface area contributed by atoms with Crippen LogP contribution in [-0.2, 0) is 0 Å². The molecule has 0 saturated heterocycles. The highest BCUT2D eigenvalue weighted by Gasteiger charge is 1.94. The summed E-state index contributed by atoms with van der Waals surface area (Å²) in [5, 5.41) is 3.07. The van der Waals surface area contributed by atoms with Gasteiger partial charge in [-0.05, 0) is 23.8 Å². The first-order valence-electron chi connectivity index (χ1n) is 4.26. The maximum Gasteiger partial charge on any atom is 0.0384 e. The van der Waals surface area contributed by atoms with Gasteiger partial charge in [0.1, 0.15) is 0 Å². The van der Waals surface area contributed by atoms with E-state index in [-0.39, 0.29) is 0 Å². The van der Waals surface area contributed by atoms with E-state index in [1.54, 1.807) is 6.08 Å². The second kappa shape index (κ2) is 4.33. The monoisotopic (exact) mass is 186 g/mol. The van der Waals surface area contributed by atoms with Crippen molar-refractivity contribution >= 4 is 11.4 Å². The molecule has 0 atom stereocenters. The Morgan fingerprint density at radius 3 is 2.21 bits per heavy atom. The molecule has 3 N–H and O–H groups in total. The molecule has 0 amide bonds. The third-order valence-corrected chi connectivity index (χ3v) is 1.81. The van der Waals surface area contributed by atoms with E-state index in [9.17, 15) is 0 Å². The molecule has 0 heterocycles. The third kappa shape index (κ3) is 2.52. The molecule has 1 rings (SSSR count). The van der Waals surface area contributed by atoms with Gasteiger partial charge in [-0.3, -0.25) is 0 Å². The zero-order valence-corrected chi connectivity index (χ0v) is 8.09. The molecular formula is C12H14N2. The average molecular weight is 186 g/mol. The first-order valence-corrected chi connectivity index (χ1v) is 4.26. The largest absolute Gasteiger partial charge is 0.399 e. The van der Waals surface area contributed by atoms with Crippen LogP contribution >= 0.6 is 0 Å². The van der Waals surface area contributed by atoms with Gasteiger partial charge in [-0.2, -0.15) is 0 Å². The van der Waals surface area contributed by atoms with E-state index in [1.165, 1.54) is 0 Å². The molecule has 0 spiro atoms. The number of nitrogens with two attached hydrogens (primary N) is 1. The van der Waals surface area contributed by atoms with Crippen molar-refractivity contribution in [1.82, 2.24) is 0 Å². The lowest BCUT2D eigenvalue weighted by Crippen LogP contribution is -1.96. The lowest BCUT2D eigenvalue weighted by Gasteiger charge is -2.06. The minimum absolute atomic E-state index is 0.569. The molecule has 72 valence electrons. The first-order chi connectivity index (χ1) is 6.63. The van der Waals surface area contributed by atoms with Crippen molar-refractivity contribution in [2.24, 2.45) is 5.73 Å². The first kappa shape index (κ1) is 10.1. The Morgan fingerprint density at radius 1 is 1.21 bits per heavy atom. The van der Waals surface area contributed by atoms with Crippen molar-refractivity contribution in [3.05, 3.63) is 61.3 Å². The van der Waals surface area contributed by atoms with E-state index >= 15 is 0 Å². The summed E-state index contributed by atoms with van der Waals surface area (Å²) in [7, 11) is 0. The van der Waals surface area contributed by atoms with Crippen molar-refractivity contribution < 1.29 is 0 Å². The van der Waals surface area contributed by atoms with Gasteiger partial charge in [0.15, 0.2) is 0 Å². The van der Waals surface area contributed by atoms with E-state index in [0.717, 1.165) is 16.9 Å². The maximum atomic E-state index is 5.54. The summed E-state index contributed by atoms with van der Waals surface area (Å²) in [4.78, 5) is 0. The molecule has 14 heavy (non-hydrogen) atoms. The molecule has 2 heteroatoms. The van der Waals surface area contributed by atoms with Crippen LogP contribution in [-0.4, -0.2) is 0 Å². The topological polar surface area (TPSA) is 38.0 Å². The van der Waals surface area contributed by atoms with Crippen LogP contribution in [0, 0.1) is 0 Å². The van der Waals surface area contributed by atoms with Crippen molar-refractivity contribution in [2.45, 2.75) is 0 Å². The number of benzene rings is 1. The normalized spacial score (nSPS) is 9.14. The van der Waals surface area contributed by atoms with Gasteiger partial charge in [-0.1, -0.05) is 31.9 Å². The van der Waals surface area contributed by atoms with Crippen LogP contribution in [0.3, 0.4) is 0 Å². The predicted octanol–water partition coefficient (Wildman–Crippen LogP) is 2.73. The Morgan fingerprint density at radius 2 is 1.79 bits per heavy atom. The summed E-state index contributed by atoms with van der Waals surface area (Å²) in [5.74, 6) is 0. The minimum atomic E-state index is 0.569. The Hall–Kier alpha value is -1.96. The smallest absolute Gasteiger partial charge is 0.0384 e. The van der Waals surface area contributed by atoms with Crippen LogP contribution in [0.15, 0.2) is 55.8 Å². The van der Waals surface area contributed by atoms with Crippen LogP contribution < -0.4 is 11.1 Å². The van der Waals surface area contributed by atoms with E-state index in [2.05, 4.69) is 25.1 Å². The van der Waals surface area contributed by atoms with Crippen molar-refractivity contribution in [2.75, 3.05) is 5.32 Å². The zero-order valence-electron chi connectivity index (χ0n) is 8.09. The molecule has 0 bridgehead atoms. The zero-order chi connectivity index (χ0) is 10.6. The van der Waals surface area contributed by atoms with E-state index in [4.69, 9.17) is 5.73 Å². The van der Waals surface area contributed by atoms with Gasteiger partial charge in [-0.15, -0.1) is 0 Å². The fourth-order valence-electron chi connectivity index (χ4n) is 1.00. The highest BCUT2D eigenvalue weighted by atomic mass is 14.9. The van der Waals surface area contributed by atoms with Crippen LogP contribution in [0.25, 0.3) is 5.70 Å². The van der Waals surface area contributed by atoms with Crippen LogP contribution in [0.2, 0.25) is 0 Å². The Bertz CT molecular complexity index is 360. The van der Waals surface area contributed by atoms with Crippen LogP contribution in [0.4, 0.5) is 5.69 Å². The molecule has 2 nitrogen and oxygen atoms in total. The van der Waals surface area contributed by atoms with Gasteiger partial charge in [0.25, 0.3) is 0 Å².